The molecular formula is C9H19N5O. The first kappa shape index (κ1) is 12.0. The largest absolute Gasteiger partial charge is 0.395 e. The molecule has 0 aliphatic rings. The molecule has 0 spiro atoms. The van der Waals surface area contributed by atoms with Crippen molar-refractivity contribution in [2.75, 3.05) is 25.6 Å². The molecule has 1 rings (SSSR count). The number of aliphatic hydroxyl groups excluding tert-OH is 1. The first-order chi connectivity index (χ1) is 7.10. The van der Waals surface area contributed by atoms with Crippen molar-refractivity contribution in [3.05, 3.63) is 11.3 Å². The monoisotopic (exact) mass is 213 g/mol. The highest BCUT2D eigenvalue weighted by atomic mass is 16.3. The van der Waals surface area contributed by atoms with Crippen molar-refractivity contribution in [2.45, 2.75) is 13.5 Å². The number of aliphatic hydroxyl groups is 1. The second-order valence-corrected chi connectivity index (χ2v) is 3.64. The lowest BCUT2D eigenvalue weighted by molar-refractivity contribution is 0.217. The van der Waals surface area contributed by atoms with Crippen LogP contribution in [0.3, 0.4) is 0 Å². The van der Waals surface area contributed by atoms with Crippen LogP contribution < -0.4 is 11.3 Å². The lowest BCUT2D eigenvalue weighted by Crippen LogP contribution is -2.23. The van der Waals surface area contributed by atoms with E-state index in [0.29, 0.717) is 6.54 Å². The third kappa shape index (κ3) is 2.68. The number of rotatable bonds is 5. The fourth-order valence-corrected chi connectivity index (χ4v) is 1.59. The van der Waals surface area contributed by atoms with Gasteiger partial charge in [0.25, 0.3) is 0 Å². The number of hydrazine groups is 1. The first-order valence-corrected chi connectivity index (χ1v) is 4.88. The summed E-state index contributed by atoms with van der Waals surface area (Å²) < 4.78 is 1.72. The summed E-state index contributed by atoms with van der Waals surface area (Å²) in [5.41, 5.74) is 4.66. The third-order valence-electron chi connectivity index (χ3n) is 2.39. The number of aromatic nitrogens is 2. The molecular weight excluding hydrogens is 194 g/mol. The summed E-state index contributed by atoms with van der Waals surface area (Å²) in [4.78, 5) is 2.02. The first-order valence-electron chi connectivity index (χ1n) is 4.88. The van der Waals surface area contributed by atoms with Crippen molar-refractivity contribution in [3.8, 4) is 0 Å². The predicted molar refractivity (Wildman–Crippen MR) is 59.2 cm³/mol. The molecule has 0 aromatic carbocycles. The smallest absolute Gasteiger partial charge is 0.142 e. The minimum Gasteiger partial charge on any atom is -0.395 e. The summed E-state index contributed by atoms with van der Waals surface area (Å²) >= 11 is 0. The van der Waals surface area contributed by atoms with Crippen LogP contribution >= 0.6 is 0 Å². The van der Waals surface area contributed by atoms with Gasteiger partial charge in [0.1, 0.15) is 5.82 Å². The zero-order valence-corrected chi connectivity index (χ0v) is 9.49. The van der Waals surface area contributed by atoms with Gasteiger partial charge in [-0.1, -0.05) is 0 Å². The minimum absolute atomic E-state index is 0.154. The Labute approximate surface area is 89.6 Å². The highest BCUT2D eigenvalue weighted by molar-refractivity contribution is 5.46. The lowest BCUT2D eigenvalue weighted by atomic mass is 10.2. The molecule has 0 aliphatic heterocycles. The van der Waals surface area contributed by atoms with Crippen molar-refractivity contribution >= 4 is 5.82 Å². The van der Waals surface area contributed by atoms with Gasteiger partial charge in [0, 0.05) is 25.7 Å². The van der Waals surface area contributed by atoms with Crippen LogP contribution in [0.15, 0.2) is 0 Å². The molecule has 0 atom stereocenters. The fraction of sp³-hybridized carbons (Fsp3) is 0.667. The van der Waals surface area contributed by atoms with Crippen molar-refractivity contribution in [2.24, 2.45) is 12.9 Å². The van der Waals surface area contributed by atoms with Crippen molar-refractivity contribution in [1.82, 2.24) is 14.7 Å². The molecule has 4 N–H and O–H groups in total. The lowest BCUT2D eigenvalue weighted by Gasteiger charge is -2.15. The van der Waals surface area contributed by atoms with Crippen LogP contribution in [-0.2, 0) is 13.6 Å². The predicted octanol–water partition coefficient (Wildman–Crippen LogP) is -0.562. The van der Waals surface area contributed by atoms with E-state index in [1.165, 1.54) is 0 Å². The van der Waals surface area contributed by atoms with E-state index in [0.717, 1.165) is 23.6 Å². The summed E-state index contributed by atoms with van der Waals surface area (Å²) in [5.74, 6) is 6.25. The Hall–Kier alpha value is -1.11. The van der Waals surface area contributed by atoms with Crippen LogP contribution in [0.1, 0.15) is 11.3 Å². The van der Waals surface area contributed by atoms with E-state index in [2.05, 4.69) is 10.5 Å². The molecule has 0 saturated heterocycles. The molecule has 0 radical (unpaired) electrons. The summed E-state index contributed by atoms with van der Waals surface area (Å²) in [5, 5.41) is 13.1. The van der Waals surface area contributed by atoms with E-state index in [1.807, 2.05) is 25.9 Å². The number of likely N-dealkylation sites (N-methyl/N-ethyl adjacent to an activating group) is 1. The molecule has 0 unspecified atom stereocenters. The number of nitrogens with zero attached hydrogens (tertiary/aromatic N) is 3. The van der Waals surface area contributed by atoms with E-state index in [-0.39, 0.29) is 6.61 Å². The van der Waals surface area contributed by atoms with Crippen molar-refractivity contribution < 1.29 is 5.11 Å². The second kappa shape index (κ2) is 5.11. The minimum atomic E-state index is 0.154. The Balaban J connectivity index is 2.83. The highest BCUT2D eigenvalue weighted by Crippen LogP contribution is 2.18. The zero-order valence-electron chi connectivity index (χ0n) is 9.49. The number of hydrogen-bond donors (Lipinski definition) is 3. The van der Waals surface area contributed by atoms with Crippen LogP contribution in [-0.4, -0.2) is 40.0 Å². The molecule has 86 valence electrons. The van der Waals surface area contributed by atoms with Gasteiger partial charge in [0.05, 0.1) is 12.3 Å². The molecule has 1 aromatic heterocycles. The maximum absolute atomic E-state index is 8.81. The number of nitrogen functional groups attached to an aromatic ring is 1. The topological polar surface area (TPSA) is 79.3 Å². The molecule has 0 fully saturated rings. The Morgan fingerprint density at radius 1 is 1.60 bits per heavy atom. The van der Waals surface area contributed by atoms with E-state index in [4.69, 9.17) is 10.9 Å². The van der Waals surface area contributed by atoms with Crippen LogP contribution in [0.25, 0.3) is 0 Å². The average Bonchev–Trinajstić information content (AvgIpc) is 2.42. The van der Waals surface area contributed by atoms with Crippen LogP contribution in [0, 0.1) is 6.92 Å². The van der Waals surface area contributed by atoms with Gasteiger partial charge in [0.15, 0.2) is 0 Å². The van der Waals surface area contributed by atoms with Gasteiger partial charge in [-0.3, -0.25) is 9.58 Å². The SMILES string of the molecule is Cc1nn(C)c(NN)c1CN(C)CCO. The maximum atomic E-state index is 8.81. The van der Waals surface area contributed by atoms with E-state index < -0.39 is 0 Å². The molecule has 0 amide bonds. The van der Waals surface area contributed by atoms with Crippen LogP contribution in [0.2, 0.25) is 0 Å². The number of anilines is 1. The van der Waals surface area contributed by atoms with E-state index in [1.54, 1.807) is 4.68 Å². The number of hydrogen-bond acceptors (Lipinski definition) is 5. The Morgan fingerprint density at radius 3 is 2.80 bits per heavy atom. The Kier molecular flexibility index (Phi) is 4.07. The highest BCUT2D eigenvalue weighted by Gasteiger charge is 2.13. The molecule has 0 aliphatic carbocycles. The summed E-state index contributed by atoms with van der Waals surface area (Å²) in [6.07, 6.45) is 0. The van der Waals surface area contributed by atoms with Gasteiger partial charge in [-0.25, -0.2) is 5.84 Å². The zero-order chi connectivity index (χ0) is 11.4. The Bertz CT molecular complexity index is 323. The number of nitrogens with one attached hydrogen (secondary N) is 1. The van der Waals surface area contributed by atoms with Gasteiger partial charge < -0.3 is 10.5 Å². The molecule has 0 bridgehead atoms. The number of nitrogens with two attached hydrogens (primary N) is 1. The van der Waals surface area contributed by atoms with Crippen molar-refractivity contribution in [3.63, 3.8) is 0 Å². The third-order valence-corrected chi connectivity index (χ3v) is 2.39. The van der Waals surface area contributed by atoms with Gasteiger partial charge >= 0.3 is 0 Å². The van der Waals surface area contributed by atoms with Gasteiger partial charge in [-0.2, -0.15) is 5.10 Å². The van der Waals surface area contributed by atoms with Gasteiger partial charge in [-0.15, -0.1) is 0 Å². The van der Waals surface area contributed by atoms with Crippen LogP contribution in [0.5, 0.6) is 0 Å². The normalized spacial score (nSPS) is 11.1. The van der Waals surface area contributed by atoms with Crippen LogP contribution in [0.4, 0.5) is 5.82 Å². The molecule has 0 saturated carbocycles. The number of aryl methyl sites for hydroxylation is 2. The molecule has 1 aromatic rings. The standard InChI is InChI=1S/C9H19N5O/c1-7-8(6-13(2)4-5-15)9(11-10)14(3)12-7/h11,15H,4-6,10H2,1-3H3. The molecule has 6 heteroatoms. The van der Waals surface area contributed by atoms with E-state index >= 15 is 0 Å². The van der Waals surface area contributed by atoms with Gasteiger partial charge in [0.2, 0.25) is 0 Å². The maximum Gasteiger partial charge on any atom is 0.142 e. The fourth-order valence-electron chi connectivity index (χ4n) is 1.59. The average molecular weight is 213 g/mol. The molecule has 6 nitrogen and oxygen atoms in total. The Morgan fingerprint density at radius 2 is 2.27 bits per heavy atom. The van der Waals surface area contributed by atoms with E-state index in [9.17, 15) is 0 Å². The molecule has 15 heavy (non-hydrogen) atoms. The summed E-state index contributed by atoms with van der Waals surface area (Å²) in [6.45, 7) is 3.46. The van der Waals surface area contributed by atoms with Crippen molar-refractivity contribution in [1.29, 1.82) is 0 Å². The second-order valence-electron chi connectivity index (χ2n) is 3.64. The summed E-state index contributed by atoms with van der Waals surface area (Å²) in [6, 6.07) is 0. The summed E-state index contributed by atoms with van der Waals surface area (Å²) in [7, 11) is 3.79. The van der Waals surface area contributed by atoms with Gasteiger partial charge in [-0.05, 0) is 14.0 Å². The quantitative estimate of drug-likeness (QED) is 0.451. The molecule has 1 heterocycles.